The smallest absolute Gasteiger partial charge is 0.338 e. The van der Waals surface area contributed by atoms with E-state index in [1.54, 1.807) is 111 Å². The molecule has 0 saturated heterocycles. The van der Waals surface area contributed by atoms with Gasteiger partial charge in [0.15, 0.2) is 0 Å². The Labute approximate surface area is 829 Å². The van der Waals surface area contributed by atoms with E-state index in [0.29, 0.717) is 141 Å². The van der Waals surface area contributed by atoms with Crippen LogP contribution in [0.15, 0.2) is 105 Å². The second-order valence-electron chi connectivity index (χ2n) is 40.6. The molecular weight excluding hydrogens is 2020 g/mol. The van der Waals surface area contributed by atoms with Crippen LogP contribution in [-0.4, -0.2) is 191 Å². The summed E-state index contributed by atoms with van der Waals surface area (Å²) in [6, 6.07) is 2.16. The lowest BCUT2D eigenvalue weighted by Gasteiger charge is -2.20. The lowest BCUT2D eigenvalue weighted by atomic mass is 10.00. The maximum Gasteiger partial charge on any atom is 0.338 e. The standard InChI is InChI=1S/C21H34BrN3O4Si.C21H26N2O3.C16H23BrN2O4Si.2C16H19BrN2O2.C5H13NO.C5H8O/c1-13(2)16(11-26)23-20(27)17-14(3)25(12-29-8-9-30(5,6)7)19-18(17)15(22)10-24(4)21(19)28;1-12(2)16-11-26-19(22-16)17-13(3)9-15-18(17)14(7-8-21(4,5)25)10-23(6)20(15)24;1-10-12(16(21)22)13-11(17)8-18(2)15(20)14(13)19(10)9-23-6-7-24(3,4)5;2*1-8(2)12-7-21-15(18-12)13-9(3)5-10-14(13)11(17)6-19(4)16(10)20;1-4(2)5(6)3-7;1-4-5(2,3)6/h10,13,16,26H,8-9,11-12H2,1-7H3,(H,23,27);10,12,16,25H,9,11H2,1-6H3;8H,6-7,9H2,1-5H3,(H,21,22);2*6,8,12H,5,7H2,1-4H3;4-5,7H,3,6H2,1-2H3;1,6H,2-3H3. The number of carboxylic acid groups (broad SMARTS) is 1. The van der Waals surface area contributed by atoms with Gasteiger partial charge < -0.3 is 92.2 Å². The quantitative estimate of drug-likeness (QED) is 0.0178. The fourth-order valence-corrected chi connectivity index (χ4v) is 19.6. The lowest BCUT2D eigenvalue weighted by molar-refractivity contribution is 0.0693. The number of terminal acetylenes is 1. The monoisotopic (exact) mass is 2150 g/mol. The molecule has 7 aromatic rings. The third-order valence-electron chi connectivity index (χ3n) is 24.0. The highest BCUT2D eigenvalue weighted by Crippen LogP contribution is 2.42. The molecule has 10 heterocycles. The molecule has 0 aromatic carbocycles. The summed E-state index contributed by atoms with van der Waals surface area (Å²) in [6.45, 7) is 53.8. The Kier molecular flexibility index (Phi) is 40.0. The van der Waals surface area contributed by atoms with Crippen LogP contribution in [0.1, 0.15) is 189 Å². The second kappa shape index (κ2) is 47.5. The number of carbonyl (C=O) groups is 2. The summed E-state index contributed by atoms with van der Waals surface area (Å²) in [5.74, 6) is 10.5. The number of aryl methyl sites for hydroxylation is 5. The fourth-order valence-electron chi connectivity index (χ4n) is 15.2. The fraction of sp³-hybridized carbons (Fsp3) is 0.560. The number of rotatable bonds is 23. The third kappa shape index (κ3) is 28.5. The van der Waals surface area contributed by atoms with Crippen LogP contribution in [-0.2, 0) is 91.6 Å². The molecule has 0 spiro atoms. The highest BCUT2D eigenvalue weighted by molar-refractivity contribution is 9.11. The van der Waals surface area contributed by atoms with Gasteiger partial charge in [-0.25, -0.2) is 19.8 Å². The largest absolute Gasteiger partial charge is 0.478 e. The minimum Gasteiger partial charge on any atom is -0.478 e. The number of aromatic carboxylic acids is 1. The van der Waals surface area contributed by atoms with Gasteiger partial charge in [-0.1, -0.05) is 143 Å². The summed E-state index contributed by atoms with van der Waals surface area (Å²) in [7, 11) is 6.17. The van der Waals surface area contributed by atoms with Gasteiger partial charge in [0, 0.05) is 217 Å². The van der Waals surface area contributed by atoms with Crippen LogP contribution in [0.3, 0.4) is 0 Å². The number of aliphatic hydroxyl groups is 4. The molecule has 0 radical (unpaired) electrons. The highest BCUT2D eigenvalue weighted by atomic mass is 79.9. The third-order valence-corrected chi connectivity index (χ3v) is 29.8. The van der Waals surface area contributed by atoms with Gasteiger partial charge in [-0.3, -0.25) is 28.8 Å². The number of nitrogens with one attached hydrogen (secondary N) is 1. The van der Waals surface area contributed by atoms with E-state index in [9.17, 15) is 48.9 Å². The zero-order valence-corrected chi connectivity index (χ0v) is 92.7. The normalized spacial score (nSPS) is 16.5. The van der Waals surface area contributed by atoms with Crippen molar-refractivity contribution < 1.29 is 58.8 Å². The maximum absolute atomic E-state index is 13.2. The first-order valence-electron chi connectivity index (χ1n) is 45.7. The molecule has 135 heavy (non-hydrogen) atoms. The van der Waals surface area contributed by atoms with E-state index in [2.05, 4.69) is 181 Å². The van der Waals surface area contributed by atoms with Crippen molar-refractivity contribution in [3.05, 3.63) is 179 Å². The predicted molar refractivity (Wildman–Crippen MR) is 561 cm³/mol. The number of hydrogen-bond donors (Lipinski definition) is 7. The van der Waals surface area contributed by atoms with Crippen molar-refractivity contribution in [3.8, 4) is 24.2 Å². The molecule has 7 aromatic heterocycles. The molecule has 0 saturated carbocycles. The van der Waals surface area contributed by atoms with E-state index in [-0.39, 0.29) is 102 Å². The van der Waals surface area contributed by atoms with Crippen LogP contribution in [0.25, 0.3) is 38.5 Å². The Balaban J connectivity index is 0.000000223. The maximum atomic E-state index is 13.2. The molecule has 8 N–H and O–H groups in total. The van der Waals surface area contributed by atoms with E-state index in [4.69, 9.17) is 61.0 Å². The summed E-state index contributed by atoms with van der Waals surface area (Å²) in [4.78, 5) is 102. The van der Waals surface area contributed by atoms with E-state index in [1.165, 1.54) is 9.13 Å². The number of fused-ring (bicyclic) bond motifs is 5. The number of amides is 1. The van der Waals surface area contributed by atoms with Gasteiger partial charge >= 0.3 is 5.97 Å². The SMILES string of the molecule is C#CC(C)(C)O.CC(C)C(N)CO.CC1=C(C2=NC(C(C)C)CO2)c2c(Br)cn(C)c(=O)c2C1.CC1=C(C2=NC(C(C)C)CO2)c2c(Br)cn(C)c(=O)c2C1.CC1=C(C2=NC(C(C)C)CO2)c2c(C#CC(C)(C)O)cn(C)c(=O)c2C1.Cc1c(C(=O)NC(CO)C(C)C)c2c(Br)cn(C)c(=O)c2n1COCC[Si](C)(C)C.Cc1c(C(=O)O)c2c(Br)cn(C)c(=O)c2n1COCC[Si](C)(C)C. The highest BCUT2D eigenvalue weighted by Gasteiger charge is 2.38. The summed E-state index contributed by atoms with van der Waals surface area (Å²) >= 11 is 14.1. The number of aliphatic imine (C=N–C) groups is 3. The molecule has 740 valence electrons. The Morgan fingerprint density at radius 1 is 0.526 bits per heavy atom. The minimum atomic E-state index is -1.23. The van der Waals surface area contributed by atoms with Crippen LogP contribution in [0.2, 0.25) is 51.4 Å². The van der Waals surface area contributed by atoms with Gasteiger partial charge in [-0.15, -0.1) is 6.42 Å². The number of halogens is 4. The Morgan fingerprint density at radius 3 is 1.15 bits per heavy atom. The molecule has 35 heteroatoms. The van der Waals surface area contributed by atoms with E-state index in [1.807, 2.05) is 53.9 Å². The number of carbonyl (C=O) groups excluding carboxylic acids is 1. The van der Waals surface area contributed by atoms with Crippen molar-refractivity contribution in [2.24, 2.45) is 85.5 Å². The average Bonchev–Trinajstić information content (AvgIpc) is 1.61. The molecule has 29 nitrogen and oxygen atoms in total. The summed E-state index contributed by atoms with van der Waals surface area (Å²) in [6.07, 6.45) is 15.3. The Morgan fingerprint density at radius 2 is 0.852 bits per heavy atom. The number of pyridine rings is 5. The molecule has 5 unspecified atom stereocenters. The van der Waals surface area contributed by atoms with Gasteiger partial charge in [0.25, 0.3) is 33.7 Å². The van der Waals surface area contributed by atoms with Crippen molar-refractivity contribution in [3.63, 3.8) is 0 Å². The van der Waals surface area contributed by atoms with Crippen LogP contribution in [0.5, 0.6) is 0 Å². The molecule has 0 fully saturated rings. The Hall–Kier alpha value is -8.41. The van der Waals surface area contributed by atoms with Crippen LogP contribution in [0, 0.1) is 67.6 Å². The molecule has 5 atom stereocenters. The number of carboxylic acids is 1. The van der Waals surface area contributed by atoms with Crippen LogP contribution >= 0.6 is 63.7 Å². The van der Waals surface area contributed by atoms with Gasteiger partial charge in [-0.05, 0) is 168 Å². The average molecular weight is 2160 g/mol. The van der Waals surface area contributed by atoms with Crippen molar-refractivity contribution in [2.45, 2.75) is 257 Å². The van der Waals surface area contributed by atoms with Crippen molar-refractivity contribution in [1.82, 2.24) is 37.3 Å². The molecule has 3 aliphatic heterocycles. The zero-order valence-electron chi connectivity index (χ0n) is 84.3. The molecule has 6 aliphatic rings. The topological polar surface area (TPSA) is 376 Å². The molecular formula is C100H142Br4N12O17Si2. The van der Waals surface area contributed by atoms with Gasteiger partial charge in [0.05, 0.1) is 48.5 Å². The first kappa shape index (κ1) is 114. The number of nitrogens with zero attached hydrogens (tertiary/aromatic N) is 10. The summed E-state index contributed by atoms with van der Waals surface area (Å²) in [5.41, 5.74) is 17.6. The zero-order chi connectivity index (χ0) is 102. The Bertz CT molecular complexity index is 6100. The van der Waals surface area contributed by atoms with Crippen LogP contribution in [0.4, 0.5) is 0 Å². The minimum absolute atomic E-state index is 0.0258. The van der Waals surface area contributed by atoms with Crippen LogP contribution < -0.4 is 38.8 Å². The van der Waals surface area contributed by atoms with E-state index in [0.717, 1.165) is 93.4 Å². The number of ether oxygens (including phenoxy) is 5. The van der Waals surface area contributed by atoms with E-state index >= 15 is 0 Å². The van der Waals surface area contributed by atoms with Crippen molar-refractivity contribution >= 4 is 148 Å². The predicted octanol–water partition coefficient (Wildman–Crippen LogP) is 15.4. The first-order chi connectivity index (χ1) is 62.5. The molecule has 13 rings (SSSR count). The summed E-state index contributed by atoms with van der Waals surface area (Å²) in [5, 5.41) is 50.0. The number of allylic oxidation sites excluding steroid dienone is 3. The molecule has 0 bridgehead atoms. The van der Waals surface area contributed by atoms with Crippen molar-refractivity contribution in [2.75, 3.05) is 46.2 Å². The van der Waals surface area contributed by atoms with Crippen molar-refractivity contribution in [1.29, 1.82) is 0 Å². The lowest BCUT2D eigenvalue weighted by Crippen LogP contribution is -2.41. The second-order valence-corrected chi connectivity index (χ2v) is 55.3. The number of aliphatic hydroxyl groups excluding tert-OH is 2. The van der Waals surface area contributed by atoms with Gasteiger partial charge in [0.2, 0.25) is 17.7 Å². The molecule has 3 aliphatic carbocycles. The summed E-state index contributed by atoms with van der Waals surface area (Å²) < 4.78 is 43.5. The first-order valence-corrected chi connectivity index (χ1v) is 56.2. The van der Waals surface area contributed by atoms with Gasteiger partial charge in [-0.2, -0.15) is 0 Å². The number of aromatic nitrogens is 7. The number of nitrogens with two attached hydrogens (primary N) is 1. The molecule has 1 amide bonds. The van der Waals surface area contributed by atoms with E-state index < -0.39 is 33.3 Å². The van der Waals surface area contributed by atoms with Gasteiger partial charge in [0.1, 0.15) is 55.5 Å². The number of hydrogen-bond acceptors (Lipinski definition) is 20.